The number of carbonyl (C=O) groups excluding carboxylic acids is 1. The lowest BCUT2D eigenvalue weighted by molar-refractivity contribution is 0.0628. The van der Waals surface area contributed by atoms with Crippen molar-refractivity contribution in [1.29, 1.82) is 0 Å². The van der Waals surface area contributed by atoms with Crippen molar-refractivity contribution in [2.24, 2.45) is 7.05 Å². The van der Waals surface area contributed by atoms with Crippen LogP contribution in [0.3, 0.4) is 0 Å². The molecule has 3 aromatic rings. The number of hydrogen-bond acceptors (Lipinski definition) is 4. The second kappa shape index (κ2) is 9.98. The van der Waals surface area contributed by atoms with Gasteiger partial charge in [0.1, 0.15) is 12.4 Å². The maximum absolute atomic E-state index is 13.0. The van der Waals surface area contributed by atoms with E-state index in [9.17, 15) is 4.79 Å². The van der Waals surface area contributed by atoms with Crippen LogP contribution in [0.4, 0.5) is 0 Å². The molecular formula is C26H31ClN4O2. The molecule has 0 spiro atoms. The van der Waals surface area contributed by atoms with Gasteiger partial charge < -0.3 is 9.64 Å². The second-order valence-corrected chi connectivity index (χ2v) is 9.22. The van der Waals surface area contributed by atoms with Gasteiger partial charge in [-0.2, -0.15) is 5.10 Å². The molecule has 1 amide bonds. The topological polar surface area (TPSA) is 50.6 Å². The Morgan fingerprint density at radius 2 is 1.67 bits per heavy atom. The van der Waals surface area contributed by atoms with E-state index in [4.69, 9.17) is 16.3 Å². The van der Waals surface area contributed by atoms with Gasteiger partial charge in [-0.25, -0.2) is 0 Å². The highest BCUT2D eigenvalue weighted by Gasteiger charge is 2.23. The number of aromatic nitrogens is 2. The number of halogens is 1. The Hall–Kier alpha value is -2.83. The summed E-state index contributed by atoms with van der Waals surface area (Å²) in [4.78, 5) is 17.3. The lowest BCUT2D eigenvalue weighted by atomic mass is 10.1. The summed E-state index contributed by atoms with van der Waals surface area (Å²) < 4.78 is 7.79. The molecule has 2 aromatic carbocycles. The fourth-order valence-corrected chi connectivity index (χ4v) is 4.35. The first kappa shape index (κ1) is 23.3. The summed E-state index contributed by atoms with van der Waals surface area (Å²) in [6, 6.07) is 11.6. The molecule has 0 unspecified atom stereocenters. The minimum atomic E-state index is 0.0867. The molecule has 0 radical (unpaired) electrons. The number of carbonyl (C=O) groups is 1. The van der Waals surface area contributed by atoms with Crippen molar-refractivity contribution in [3.05, 3.63) is 81.1 Å². The fraction of sp³-hybridized carbons (Fsp3) is 0.385. The average Bonchev–Trinajstić information content (AvgIpc) is 3.12. The van der Waals surface area contributed by atoms with Crippen LogP contribution in [0.2, 0.25) is 5.02 Å². The SMILES string of the molecule is Cc1cc(OCc2ccc(C(=O)N3CCN(Cc4cn(C)nc4C)CC3)cc2)cc(C)c1Cl. The van der Waals surface area contributed by atoms with Gasteiger partial charge in [0.25, 0.3) is 5.91 Å². The van der Waals surface area contributed by atoms with Crippen LogP contribution in [0, 0.1) is 20.8 Å². The highest BCUT2D eigenvalue weighted by molar-refractivity contribution is 6.32. The molecular weight excluding hydrogens is 436 g/mol. The zero-order chi connectivity index (χ0) is 23.5. The Bertz CT molecular complexity index is 1110. The number of benzene rings is 2. The number of piperazine rings is 1. The van der Waals surface area contributed by atoms with E-state index in [1.54, 1.807) is 0 Å². The van der Waals surface area contributed by atoms with E-state index in [0.717, 1.165) is 65.9 Å². The number of ether oxygens (including phenoxy) is 1. The standard InChI is InChI=1S/C26H31ClN4O2/c1-18-13-24(14-19(2)25(18)27)33-17-21-5-7-22(8-6-21)26(32)31-11-9-30(10-12-31)16-23-15-29(4)28-20(23)3/h5-8,13-15H,9-12,16-17H2,1-4H3. The zero-order valence-electron chi connectivity index (χ0n) is 19.8. The summed E-state index contributed by atoms with van der Waals surface area (Å²) in [7, 11) is 1.95. The average molecular weight is 467 g/mol. The second-order valence-electron chi connectivity index (χ2n) is 8.84. The Labute approximate surface area is 200 Å². The molecule has 4 rings (SSSR count). The molecule has 1 aliphatic rings. The highest BCUT2D eigenvalue weighted by Crippen LogP contribution is 2.26. The van der Waals surface area contributed by atoms with E-state index < -0.39 is 0 Å². The third-order valence-corrected chi connectivity index (χ3v) is 6.78. The van der Waals surface area contributed by atoms with Crippen LogP contribution in [0.25, 0.3) is 0 Å². The van der Waals surface area contributed by atoms with E-state index in [2.05, 4.69) is 16.2 Å². The summed E-state index contributed by atoms with van der Waals surface area (Å²) >= 11 is 6.23. The Kier molecular flexibility index (Phi) is 7.05. The van der Waals surface area contributed by atoms with Gasteiger partial charge in [0, 0.05) is 62.1 Å². The molecule has 0 N–H and O–H groups in total. The lowest BCUT2D eigenvalue weighted by Gasteiger charge is -2.34. The highest BCUT2D eigenvalue weighted by atomic mass is 35.5. The summed E-state index contributed by atoms with van der Waals surface area (Å²) in [5.41, 5.74) is 6.06. The molecule has 33 heavy (non-hydrogen) atoms. The van der Waals surface area contributed by atoms with Gasteiger partial charge in [0.2, 0.25) is 0 Å². The first-order chi connectivity index (χ1) is 15.8. The predicted molar refractivity (Wildman–Crippen MR) is 131 cm³/mol. The quantitative estimate of drug-likeness (QED) is 0.535. The minimum absolute atomic E-state index is 0.0867. The fourth-order valence-electron chi connectivity index (χ4n) is 4.24. The molecule has 2 heterocycles. The van der Waals surface area contributed by atoms with E-state index in [0.29, 0.717) is 12.2 Å². The molecule has 174 valence electrons. The Morgan fingerprint density at radius 3 is 2.24 bits per heavy atom. The van der Waals surface area contributed by atoms with E-state index in [-0.39, 0.29) is 5.91 Å². The van der Waals surface area contributed by atoms with Gasteiger partial charge >= 0.3 is 0 Å². The van der Waals surface area contributed by atoms with Crippen LogP contribution in [0.5, 0.6) is 5.75 Å². The maximum atomic E-state index is 13.0. The molecule has 6 nitrogen and oxygen atoms in total. The van der Waals surface area contributed by atoms with E-state index in [1.165, 1.54) is 5.56 Å². The van der Waals surface area contributed by atoms with Crippen LogP contribution in [0.15, 0.2) is 42.6 Å². The first-order valence-corrected chi connectivity index (χ1v) is 11.7. The third kappa shape index (κ3) is 5.57. The summed E-state index contributed by atoms with van der Waals surface area (Å²) in [5.74, 6) is 0.887. The predicted octanol–water partition coefficient (Wildman–Crippen LogP) is 4.54. The van der Waals surface area contributed by atoms with E-state index in [1.807, 2.05) is 73.8 Å². The zero-order valence-corrected chi connectivity index (χ0v) is 20.5. The minimum Gasteiger partial charge on any atom is -0.489 e. The molecule has 0 aliphatic carbocycles. The molecule has 0 bridgehead atoms. The molecule has 7 heteroatoms. The van der Waals surface area contributed by atoms with Crippen molar-refractivity contribution in [3.63, 3.8) is 0 Å². The van der Waals surface area contributed by atoms with Gasteiger partial charge in [-0.15, -0.1) is 0 Å². The third-order valence-electron chi connectivity index (χ3n) is 6.18. The van der Waals surface area contributed by atoms with Crippen molar-refractivity contribution in [3.8, 4) is 5.75 Å². The smallest absolute Gasteiger partial charge is 0.253 e. The van der Waals surface area contributed by atoms with Crippen LogP contribution in [0.1, 0.15) is 38.3 Å². The van der Waals surface area contributed by atoms with Crippen molar-refractivity contribution in [1.82, 2.24) is 19.6 Å². The van der Waals surface area contributed by atoms with Crippen molar-refractivity contribution < 1.29 is 9.53 Å². The Balaban J connectivity index is 1.29. The van der Waals surface area contributed by atoms with Gasteiger partial charge in [-0.1, -0.05) is 23.7 Å². The molecule has 1 saturated heterocycles. The number of nitrogens with zero attached hydrogens (tertiary/aromatic N) is 4. The van der Waals surface area contributed by atoms with Gasteiger partial charge in [-0.05, 0) is 61.7 Å². The maximum Gasteiger partial charge on any atom is 0.253 e. The molecule has 0 atom stereocenters. The largest absolute Gasteiger partial charge is 0.489 e. The van der Waals surface area contributed by atoms with Crippen molar-refractivity contribution in [2.75, 3.05) is 26.2 Å². The molecule has 1 aliphatic heterocycles. The van der Waals surface area contributed by atoms with Crippen LogP contribution < -0.4 is 4.74 Å². The van der Waals surface area contributed by atoms with Crippen LogP contribution in [-0.4, -0.2) is 51.7 Å². The summed E-state index contributed by atoms with van der Waals surface area (Å²) in [6.07, 6.45) is 2.08. The van der Waals surface area contributed by atoms with Gasteiger partial charge in [0.05, 0.1) is 5.69 Å². The molecule has 1 aromatic heterocycles. The first-order valence-electron chi connectivity index (χ1n) is 11.3. The van der Waals surface area contributed by atoms with Gasteiger partial charge in [0.15, 0.2) is 0 Å². The normalized spacial score (nSPS) is 14.5. The van der Waals surface area contributed by atoms with E-state index >= 15 is 0 Å². The summed E-state index contributed by atoms with van der Waals surface area (Å²) in [5, 5.41) is 5.20. The summed E-state index contributed by atoms with van der Waals surface area (Å²) in [6.45, 7) is 10.5. The monoisotopic (exact) mass is 466 g/mol. The molecule has 1 fully saturated rings. The number of rotatable bonds is 6. The number of hydrogen-bond donors (Lipinski definition) is 0. The number of amides is 1. The number of aryl methyl sites for hydroxylation is 4. The van der Waals surface area contributed by atoms with Crippen LogP contribution in [-0.2, 0) is 20.2 Å². The van der Waals surface area contributed by atoms with Crippen molar-refractivity contribution >= 4 is 17.5 Å². The van der Waals surface area contributed by atoms with Crippen molar-refractivity contribution in [2.45, 2.75) is 33.9 Å². The van der Waals surface area contributed by atoms with Gasteiger partial charge in [-0.3, -0.25) is 14.4 Å². The lowest BCUT2D eigenvalue weighted by Crippen LogP contribution is -2.48. The molecule has 0 saturated carbocycles. The Morgan fingerprint density at radius 1 is 1.03 bits per heavy atom. The van der Waals surface area contributed by atoms with Crippen LogP contribution >= 0.6 is 11.6 Å².